The highest BCUT2D eigenvalue weighted by Crippen LogP contribution is 2.44. The highest BCUT2D eigenvalue weighted by molar-refractivity contribution is 7.90. The summed E-state index contributed by atoms with van der Waals surface area (Å²) < 4.78 is 30.9. The number of ether oxygens (including phenoxy) is 1. The molecule has 0 bridgehead atoms. The number of carbonyl (C=O) groups excluding carboxylic acids is 1. The second-order valence-electron chi connectivity index (χ2n) is 12.3. The highest BCUT2D eigenvalue weighted by atomic mass is 32.2. The van der Waals surface area contributed by atoms with Gasteiger partial charge >= 0.3 is 0 Å². The van der Waals surface area contributed by atoms with E-state index in [1.807, 2.05) is 63.2 Å². The summed E-state index contributed by atoms with van der Waals surface area (Å²) in [4.78, 5) is 16.7. The molecule has 7 nitrogen and oxygen atoms in total. The van der Waals surface area contributed by atoms with Gasteiger partial charge in [0.05, 0.1) is 17.2 Å². The molecule has 1 amide bonds. The molecule has 0 aromatic heterocycles. The topological polar surface area (TPSA) is 87.2 Å². The summed E-state index contributed by atoms with van der Waals surface area (Å²) in [6, 6.07) is 20.6. The van der Waals surface area contributed by atoms with Gasteiger partial charge in [-0.2, -0.15) is 0 Å². The van der Waals surface area contributed by atoms with E-state index >= 15 is 0 Å². The lowest BCUT2D eigenvalue weighted by Crippen LogP contribution is -2.38. The average Bonchev–Trinajstić information content (AvgIpc) is 3.38. The van der Waals surface area contributed by atoms with Crippen LogP contribution in [0.4, 0.5) is 11.4 Å². The molecule has 1 N–H and O–H groups in total. The molecule has 2 unspecified atom stereocenters. The summed E-state index contributed by atoms with van der Waals surface area (Å²) in [6.07, 6.45) is 2.85. The molecule has 3 aromatic carbocycles. The molecule has 42 heavy (non-hydrogen) atoms. The minimum absolute atomic E-state index is 0.0908. The van der Waals surface area contributed by atoms with E-state index in [9.17, 15) is 18.3 Å². The number of hydrogen-bond donors (Lipinski definition) is 1. The molecule has 0 radical (unpaired) electrons. The first kappa shape index (κ1) is 31.3. The van der Waals surface area contributed by atoms with Crippen LogP contribution in [0.2, 0.25) is 0 Å². The lowest BCUT2D eigenvalue weighted by molar-refractivity contribution is -0.106. The van der Waals surface area contributed by atoms with Crippen LogP contribution in [0.5, 0.6) is 0 Å². The van der Waals surface area contributed by atoms with Crippen molar-refractivity contribution in [3.63, 3.8) is 0 Å². The minimum atomic E-state index is -3.54. The Bertz CT molecular complexity index is 1560. The summed E-state index contributed by atoms with van der Waals surface area (Å²) >= 11 is 0. The van der Waals surface area contributed by atoms with Gasteiger partial charge in [-0.3, -0.25) is 9.69 Å². The summed E-state index contributed by atoms with van der Waals surface area (Å²) in [5.41, 5.74) is 3.98. The predicted molar refractivity (Wildman–Crippen MR) is 168 cm³/mol. The van der Waals surface area contributed by atoms with E-state index in [1.165, 1.54) is 0 Å². The van der Waals surface area contributed by atoms with E-state index in [2.05, 4.69) is 31.4 Å². The normalized spacial score (nSPS) is 17.4. The molecule has 4 rings (SSSR count). The number of likely N-dealkylation sites (tertiary alicyclic amines) is 1. The van der Waals surface area contributed by atoms with E-state index < -0.39 is 9.84 Å². The molecule has 1 aliphatic rings. The van der Waals surface area contributed by atoms with Crippen molar-refractivity contribution >= 4 is 27.6 Å². The lowest BCUT2D eigenvalue weighted by atomic mass is 9.84. The molecule has 1 fully saturated rings. The van der Waals surface area contributed by atoms with Crippen molar-refractivity contribution in [2.45, 2.75) is 70.1 Å². The van der Waals surface area contributed by atoms with Crippen LogP contribution in [-0.4, -0.2) is 49.3 Å². The molecule has 0 saturated carbocycles. The Kier molecular flexibility index (Phi) is 9.18. The number of benzene rings is 3. The molecule has 0 aliphatic carbocycles. The van der Waals surface area contributed by atoms with Crippen molar-refractivity contribution in [1.82, 2.24) is 4.90 Å². The molecule has 224 valence electrons. The summed E-state index contributed by atoms with van der Waals surface area (Å²) in [5, 5.41) is 9.66. The molecular weight excluding hydrogens is 548 g/mol. The zero-order chi connectivity index (χ0) is 30.8. The van der Waals surface area contributed by atoms with Gasteiger partial charge in [0.25, 0.3) is 0 Å². The summed E-state index contributed by atoms with van der Waals surface area (Å²) in [6.45, 7) is 15.2. The Labute approximate surface area is 250 Å². The van der Waals surface area contributed by atoms with Crippen LogP contribution < -0.4 is 4.90 Å². The largest absolute Gasteiger partial charge is 0.474 e. The van der Waals surface area contributed by atoms with E-state index in [4.69, 9.17) is 4.74 Å². The Morgan fingerprint density at radius 1 is 1.10 bits per heavy atom. The van der Waals surface area contributed by atoms with Crippen LogP contribution in [0, 0.1) is 5.92 Å². The van der Waals surface area contributed by atoms with Gasteiger partial charge in [0, 0.05) is 30.4 Å². The number of aliphatic hydroxyl groups excluding tert-OH is 1. The molecular formula is C34H42N2O5S. The summed E-state index contributed by atoms with van der Waals surface area (Å²) in [5.74, 6) is 1.13. The maximum atomic E-state index is 12.7. The average molecular weight is 591 g/mol. The van der Waals surface area contributed by atoms with Crippen LogP contribution in [0.1, 0.15) is 58.1 Å². The van der Waals surface area contributed by atoms with Crippen molar-refractivity contribution in [2.75, 3.05) is 17.7 Å². The van der Waals surface area contributed by atoms with E-state index in [1.54, 1.807) is 23.1 Å². The molecule has 2 atom stereocenters. The van der Waals surface area contributed by atoms with Crippen molar-refractivity contribution in [2.24, 2.45) is 5.92 Å². The second kappa shape index (κ2) is 12.3. The van der Waals surface area contributed by atoms with Gasteiger partial charge in [0.1, 0.15) is 5.60 Å². The highest BCUT2D eigenvalue weighted by Gasteiger charge is 2.40. The van der Waals surface area contributed by atoms with E-state index in [-0.39, 0.29) is 29.1 Å². The summed E-state index contributed by atoms with van der Waals surface area (Å²) in [7, 11) is -3.54. The monoisotopic (exact) mass is 590 g/mol. The number of amides is 1. The number of rotatable bonds is 10. The van der Waals surface area contributed by atoms with Crippen molar-refractivity contribution in [3.05, 3.63) is 90.3 Å². The molecule has 1 heterocycles. The fourth-order valence-corrected chi connectivity index (χ4v) is 6.95. The van der Waals surface area contributed by atoms with Gasteiger partial charge in [0.15, 0.2) is 15.7 Å². The van der Waals surface area contributed by atoms with Crippen LogP contribution in [0.25, 0.3) is 11.1 Å². The predicted octanol–water partition coefficient (Wildman–Crippen LogP) is 6.64. The van der Waals surface area contributed by atoms with Crippen LogP contribution >= 0.6 is 0 Å². The Balaban J connectivity index is 1.73. The number of anilines is 2. The third-order valence-electron chi connectivity index (χ3n) is 7.68. The van der Waals surface area contributed by atoms with Crippen molar-refractivity contribution in [3.8, 4) is 11.1 Å². The number of nitrogens with zero attached hydrogens (tertiary/aromatic N) is 2. The zero-order valence-electron chi connectivity index (χ0n) is 25.4. The fourth-order valence-electron chi connectivity index (χ4n) is 6.00. The SMILES string of the molecule is C=C(OC(C)(C)C)N1CCC(c2ccccc2N(C=O)c2cccc(-c3ccc(CO)c(S(C)(=O)=O)c3)c2)C1C(C)C. The quantitative estimate of drug-likeness (QED) is 0.210. The zero-order valence-corrected chi connectivity index (χ0v) is 26.2. The maximum Gasteiger partial charge on any atom is 0.218 e. The van der Waals surface area contributed by atoms with E-state index in [0.717, 1.165) is 42.4 Å². The number of sulfone groups is 1. The number of hydrogen-bond acceptors (Lipinski definition) is 6. The van der Waals surface area contributed by atoms with Gasteiger partial charge < -0.3 is 14.7 Å². The second-order valence-corrected chi connectivity index (χ2v) is 14.3. The number of carbonyl (C=O) groups is 1. The molecule has 8 heteroatoms. The Hall–Kier alpha value is -3.62. The third kappa shape index (κ3) is 6.71. The van der Waals surface area contributed by atoms with Gasteiger partial charge in [-0.15, -0.1) is 0 Å². The van der Waals surface area contributed by atoms with Crippen LogP contribution in [0.3, 0.4) is 0 Å². The number of para-hydroxylation sites is 1. The molecule has 3 aromatic rings. The van der Waals surface area contributed by atoms with Gasteiger partial charge in [-0.1, -0.05) is 56.3 Å². The molecule has 0 spiro atoms. The first-order valence-corrected chi connectivity index (χ1v) is 16.2. The first-order valence-electron chi connectivity index (χ1n) is 14.3. The molecule has 1 aliphatic heterocycles. The Morgan fingerprint density at radius 3 is 2.40 bits per heavy atom. The van der Waals surface area contributed by atoms with Crippen LogP contribution in [0.15, 0.2) is 84.1 Å². The van der Waals surface area contributed by atoms with Crippen LogP contribution in [-0.2, 0) is 26.0 Å². The van der Waals surface area contributed by atoms with Crippen molar-refractivity contribution < 1.29 is 23.1 Å². The van der Waals surface area contributed by atoms with Gasteiger partial charge in [0.2, 0.25) is 6.41 Å². The maximum absolute atomic E-state index is 12.7. The molecule has 1 saturated heterocycles. The third-order valence-corrected chi connectivity index (χ3v) is 8.86. The van der Waals surface area contributed by atoms with E-state index in [0.29, 0.717) is 28.6 Å². The lowest BCUT2D eigenvalue weighted by Gasteiger charge is -2.37. The number of aliphatic hydroxyl groups is 1. The Morgan fingerprint density at radius 2 is 1.79 bits per heavy atom. The standard InChI is InChI=1S/C34H42N2O5S/c1-23(2)33-30(17-18-35(33)24(3)41-34(4,5)6)29-13-8-9-14-31(29)36(22-38)28-12-10-11-25(19-28)26-15-16-27(21-37)32(20-26)42(7,39)40/h8-16,19-20,22-23,30,33,37H,3,17-18,21H2,1-2,4-7H3. The van der Waals surface area contributed by atoms with Crippen molar-refractivity contribution in [1.29, 1.82) is 0 Å². The first-order chi connectivity index (χ1) is 19.7. The smallest absolute Gasteiger partial charge is 0.218 e. The minimum Gasteiger partial charge on any atom is -0.474 e. The van der Waals surface area contributed by atoms with Gasteiger partial charge in [-0.25, -0.2) is 8.42 Å². The van der Waals surface area contributed by atoms with Gasteiger partial charge in [-0.05, 0) is 86.2 Å². The fraction of sp³-hybridized carbons (Fsp3) is 0.382.